The van der Waals surface area contributed by atoms with Crippen molar-refractivity contribution >= 4 is 46.8 Å². The number of carbonyl (C=O) groups is 2. The van der Waals surface area contributed by atoms with E-state index >= 15 is 0 Å². The molecule has 0 aliphatic heterocycles. The minimum Gasteiger partial charge on any atom is -0.354 e. The second-order valence-corrected chi connectivity index (χ2v) is 10.9. The molecule has 0 fully saturated rings. The van der Waals surface area contributed by atoms with Gasteiger partial charge < -0.3 is 10.2 Å². The fraction of sp³-hybridized carbons (Fsp3) is 0.333. The van der Waals surface area contributed by atoms with Crippen LogP contribution in [0.15, 0.2) is 72.8 Å². The molecule has 0 saturated heterocycles. The van der Waals surface area contributed by atoms with Gasteiger partial charge in [0.05, 0.1) is 15.8 Å². The normalized spacial score (nSPS) is 11.7. The third-order valence-corrected chi connectivity index (χ3v) is 7.78. The van der Waals surface area contributed by atoms with Gasteiger partial charge in [-0.05, 0) is 42.2 Å². The number of halogens is 2. The van der Waals surface area contributed by atoms with E-state index < -0.39 is 6.04 Å². The van der Waals surface area contributed by atoms with E-state index in [9.17, 15) is 9.59 Å². The number of hydrogen-bond acceptors (Lipinski definition) is 3. The molecule has 4 nitrogen and oxygen atoms in total. The summed E-state index contributed by atoms with van der Waals surface area (Å²) in [7, 11) is 0. The average molecular weight is 558 g/mol. The zero-order valence-electron chi connectivity index (χ0n) is 21.4. The molecule has 3 rings (SSSR count). The lowest BCUT2D eigenvalue weighted by Gasteiger charge is -2.31. The van der Waals surface area contributed by atoms with Gasteiger partial charge in [-0.3, -0.25) is 9.59 Å². The Morgan fingerprint density at radius 3 is 2.30 bits per heavy atom. The van der Waals surface area contributed by atoms with Gasteiger partial charge >= 0.3 is 0 Å². The first-order valence-electron chi connectivity index (χ1n) is 12.6. The van der Waals surface area contributed by atoms with Crippen LogP contribution in [0.25, 0.3) is 0 Å². The van der Waals surface area contributed by atoms with E-state index in [4.69, 9.17) is 23.2 Å². The highest BCUT2D eigenvalue weighted by molar-refractivity contribution is 7.99. The molecule has 7 heteroatoms. The highest BCUT2D eigenvalue weighted by atomic mass is 35.5. The molecule has 0 bridgehead atoms. The summed E-state index contributed by atoms with van der Waals surface area (Å²) < 4.78 is 0. The Balaban J connectivity index is 1.84. The molecular weight excluding hydrogens is 523 g/mol. The second kappa shape index (κ2) is 15.1. The number of unbranched alkanes of at least 4 members (excludes halogenated alkanes) is 1. The fourth-order valence-corrected chi connectivity index (χ4v) is 5.11. The third-order valence-electron chi connectivity index (χ3n) is 6.05. The summed E-state index contributed by atoms with van der Waals surface area (Å²) in [4.78, 5) is 28.8. The summed E-state index contributed by atoms with van der Waals surface area (Å²) in [5.74, 6) is 0.755. The molecule has 3 aromatic rings. The van der Waals surface area contributed by atoms with E-state index in [0.29, 0.717) is 23.0 Å². The van der Waals surface area contributed by atoms with Gasteiger partial charge in [-0.15, -0.1) is 11.8 Å². The summed E-state index contributed by atoms with van der Waals surface area (Å²) >= 11 is 14.0. The van der Waals surface area contributed by atoms with Gasteiger partial charge in [0, 0.05) is 25.3 Å². The molecule has 0 unspecified atom stereocenters. The number of amides is 2. The van der Waals surface area contributed by atoms with E-state index in [1.807, 2.05) is 36.4 Å². The summed E-state index contributed by atoms with van der Waals surface area (Å²) in [5, 5.41) is 3.92. The molecule has 1 N–H and O–H groups in total. The maximum Gasteiger partial charge on any atom is 0.243 e. The summed E-state index contributed by atoms with van der Waals surface area (Å²) in [6.07, 6.45) is 2.29. The molecule has 1 atom stereocenters. The van der Waals surface area contributed by atoms with Crippen LogP contribution in [-0.4, -0.2) is 35.1 Å². The summed E-state index contributed by atoms with van der Waals surface area (Å²) in [6.45, 7) is 4.98. The van der Waals surface area contributed by atoms with Crippen molar-refractivity contribution in [2.45, 2.75) is 51.4 Å². The largest absolute Gasteiger partial charge is 0.354 e. The van der Waals surface area contributed by atoms with Crippen LogP contribution in [-0.2, 0) is 28.3 Å². The van der Waals surface area contributed by atoms with E-state index in [2.05, 4.69) is 43.4 Å². The zero-order chi connectivity index (χ0) is 26.6. The number of rotatable bonds is 13. The van der Waals surface area contributed by atoms with Gasteiger partial charge in [-0.2, -0.15) is 0 Å². The van der Waals surface area contributed by atoms with Crippen LogP contribution >= 0.6 is 35.0 Å². The average Bonchev–Trinajstić information content (AvgIpc) is 2.90. The van der Waals surface area contributed by atoms with E-state index in [0.717, 1.165) is 35.3 Å². The van der Waals surface area contributed by atoms with Crippen molar-refractivity contribution in [1.82, 2.24) is 10.2 Å². The number of thioether (sulfide) groups is 1. The number of nitrogens with zero attached hydrogens (tertiary/aromatic N) is 1. The predicted molar refractivity (Wildman–Crippen MR) is 156 cm³/mol. The maximum atomic E-state index is 13.7. The quantitative estimate of drug-likeness (QED) is 0.228. The lowest BCUT2D eigenvalue weighted by atomic mass is 10.0. The van der Waals surface area contributed by atoms with E-state index in [1.165, 1.54) is 5.56 Å². The first-order valence-corrected chi connectivity index (χ1v) is 14.5. The lowest BCUT2D eigenvalue weighted by molar-refractivity contribution is -0.139. The van der Waals surface area contributed by atoms with E-state index in [1.54, 1.807) is 28.8 Å². The van der Waals surface area contributed by atoms with Crippen LogP contribution in [0.5, 0.6) is 0 Å². The van der Waals surface area contributed by atoms with Crippen molar-refractivity contribution in [3.05, 3.63) is 105 Å². The molecule has 0 saturated carbocycles. The predicted octanol–water partition coefficient (Wildman–Crippen LogP) is 7.09. The standard InChI is InChI=1S/C30H34Cl2N2O2S/c1-3-4-16-33-30(36)28(18-23-8-6-5-7-9-23)34(19-25-14-15-26(31)27(32)17-25)29(35)21-37-20-24-12-10-22(2)11-13-24/h5-15,17,28H,3-4,16,18-21H2,1-2H3,(H,33,36)/t28-/m1/s1. The third kappa shape index (κ3) is 9.41. The molecule has 0 aromatic heterocycles. The van der Waals surface area contributed by atoms with Crippen molar-refractivity contribution in [2.75, 3.05) is 12.3 Å². The minimum atomic E-state index is -0.652. The number of benzene rings is 3. The van der Waals surface area contributed by atoms with Crippen molar-refractivity contribution in [3.63, 3.8) is 0 Å². The number of hydrogen-bond donors (Lipinski definition) is 1. The second-order valence-electron chi connectivity index (χ2n) is 9.10. The topological polar surface area (TPSA) is 49.4 Å². The van der Waals surface area contributed by atoms with Gasteiger partial charge in [-0.25, -0.2) is 0 Å². The Hall–Kier alpha value is -2.47. The fourth-order valence-electron chi connectivity index (χ4n) is 3.92. The molecule has 3 aromatic carbocycles. The molecule has 37 heavy (non-hydrogen) atoms. The zero-order valence-corrected chi connectivity index (χ0v) is 23.7. The minimum absolute atomic E-state index is 0.0882. The molecule has 196 valence electrons. The van der Waals surface area contributed by atoms with Gasteiger partial charge in [-0.1, -0.05) is 103 Å². The lowest BCUT2D eigenvalue weighted by Crippen LogP contribution is -2.51. The highest BCUT2D eigenvalue weighted by Crippen LogP contribution is 2.25. The van der Waals surface area contributed by atoms with Crippen LogP contribution in [0.2, 0.25) is 10.0 Å². The van der Waals surface area contributed by atoms with Crippen LogP contribution in [0.1, 0.15) is 42.0 Å². The monoisotopic (exact) mass is 556 g/mol. The van der Waals surface area contributed by atoms with Gasteiger partial charge in [0.15, 0.2) is 0 Å². The molecular formula is C30H34Cl2N2O2S. The highest BCUT2D eigenvalue weighted by Gasteiger charge is 2.30. The van der Waals surface area contributed by atoms with Crippen molar-refractivity contribution in [1.29, 1.82) is 0 Å². The maximum absolute atomic E-state index is 13.7. The molecule has 0 radical (unpaired) electrons. The van der Waals surface area contributed by atoms with Gasteiger partial charge in [0.25, 0.3) is 0 Å². The molecule has 0 heterocycles. The van der Waals surface area contributed by atoms with Crippen molar-refractivity contribution in [3.8, 4) is 0 Å². The first kappa shape index (κ1) is 29.1. The van der Waals surface area contributed by atoms with Crippen molar-refractivity contribution < 1.29 is 9.59 Å². The summed E-state index contributed by atoms with van der Waals surface area (Å²) in [6, 6.07) is 22.8. The first-order chi connectivity index (χ1) is 17.9. The van der Waals surface area contributed by atoms with Gasteiger partial charge in [0.2, 0.25) is 11.8 Å². The Labute approximate surface area is 234 Å². The SMILES string of the molecule is CCCCNC(=O)[C@@H](Cc1ccccc1)N(Cc1ccc(Cl)c(Cl)c1)C(=O)CSCc1ccc(C)cc1. The Bertz CT molecular complexity index is 1160. The Morgan fingerprint density at radius 1 is 0.919 bits per heavy atom. The Kier molecular flexibility index (Phi) is 11.8. The van der Waals surface area contributed by atoms with Crippen LogP contribution < -0.4 is 5.32 Å². The number of carbonyl (C=O) groups excluding carboxylic acids is 2. The van der Waals surface area contributed by atoms with Crippen LogP contribution in [0.4, 0.5) is 0 Å². The smallest absolute Gasteiger partial charge is 0.243 e. The van der Waals surface area contributed by atoms with Gasteiger partial charge in [0.1, 0.15) is 6.04 Å². The van der Waals surface area contributed by atoms with E-state index in [-0.39, 0.29) is 24.1 Å². The molecule has 0 aliphatic carbocycles. The molecule has 0 aliphatic rings. The van der Waals surface area contributed by atoms with Crippen LogP contribution in [0, 0.1) is 6.92 Å². The molecule has 0 spiro atoms. The van der Waals surface area contributed by atoms with Crippen molar-refractivity contribution in [2.24, 2.45) is 0 Å². The number of nitrogens with one attached hydrogen (secondary N) is 1. The van der Waals surface area contributed by atoms with Crippen LogP contribution in [0.3, 0.4) is 0 Å². The Morgan fingerprint density at radius 2 is 1.62 bits per heavy atom. The molecule has 2 amide bonds. The number of aryl methyl sites for hydroxylation is 1. The summed E-state index contributed by atoms with van der Waals surface area (Å²) in [5.41, 5.74) is 4.19.